The molecule has 0 N–H and O–H groups in total. The van der Waals surface area contributed by atoms with E-state index < -0.39 is 10.0 Å². The van der Waals surface area contributed by atoms with E-state index in [1.54, 1.807) is 24.4 Å². The number of nitrogens with zero attached hydrogens (tertiary/aromatic N) is 6. The fraction of sp³-hybridized carbons (Fsp3) is 0.480. The van der Waals surface area contributed by atoms with Gasteiger partial charge in [0.25, 0.3) is 0 Å². The van der Waals surface area contributed by atoms with Crippen LogP contribution in [0.5, 0.6) is 0 Å². The van der Waals surface area contributed by atoms with Gasteiger partial charge in [0.15, 0.2) is 0 Å². The average molecular weight is 499 g/mol. The molecule has 0 saturated carbocycles. The summed E-state index contributed by atoms with van der Waals surface area (Å²) in [7, 11) is -1.64. The Morgan fingerprint density at radius 1 is 1.09 bits per heavy atom. The first kappa shape index (κ1) is 25.3. The number of carbonyl (C=O) groups excluding carboxylic acids is 1. The van der Waals surface area contributed by atoms with Gasteiger partial charge in [-0.1, -0.05) is 19.9 Å². The molecule has 0 atom stereocenters. The SMILES string of the molecule is CCN(CC)S(=O)(=O)c1ccc2c(c1)nc(CCC(=O)N1CCN(Cc3cccnc3)CC1)n2C. The molecule has 9 nitrogen and oxygen atoms in total. The van der Waals surface area contributed by atoms with E-state index in [4.69, 9.17) is 0 Å². The second-order valence-corrected chi connectivity index (χ2v) is 10.8. The minimum atomic E-state index is -3.55. The van der Waals surface area contributed by atoms with Gasteiger partial charge in [-0.15, -0.1) is 0 Å². The van der Waals surface area contributed by atoms with Gasteiger partial charge in [-0.2, -0.15) is 4.31 Å². The van der Waals surface area contributed by atoms with Crippen LogP contribution in [0.1, 0.15) is 31.7 Å². The Balaban J connectivity index is 1.36. The average Bonchev–Trinajstić information content (AvgIpc) is 3.19. The molecule has 10 heteroatoms. The number of amides is 1. The lowest BCUT2D eigenvalue weighted by atomic mass is 10.2. The predicted octanol–water partition coefficient (Wildman–Crippen LogP) is 2.28. The third-order valence-electron chi connectivity index (χ3n) is 6.70. The summed E-state index contributed by atoms with van der Waals surface area (Å²) in [5, 5.41) is 0. The van der Waals surface area contributed by atoms with Crippen molar-refractivity contribution in [2.24, 2.45) is 7.05 Å². The van der Waals surface area contributed by atoms with Crippen molar-refractivity contribution in [3.05, 3.63) is 54.1 Å². The molecule has 1 aliphatic rings. The van der Waals surface area contributed by atoms with Crippen LogP contribution in [0.15, 0.2) is 47.6 Å². The quantitative estimate of drug-likeness (QED) is 0.450. The molecular weight excluding hydrogens is 464 g/mol. The van der Waals surface area contributed by atoms with Gasteiger partial charge in [0.2, 0.25) is 15.9 Å². The number of rotatable bonds is 9. The van der Waals surface area contributed by atoms with Crippen LogP contribution >= 0.6 is 0 Å². The van der Waals surface area contributed by atoms with Crippen LogP contribution in [0.4, 0.5) is 0 Å². The normalized spacial score (nSPS) is 15.3. The first-order chi connectivity index (χ1) is 16.8. The Kier molecular flexibility index (Phi) is 7.83. The third kappa shape index (κ3) is 5.55. The molecule has 1 fully saturated rings. The number of hydrogen-bond donors (Lipinski definition) is 0. The minimum Gasteiger partial charge on any atom is -0.340 e. The zero-order chi connectivity index (χ0) is 25.0. The van der Waals surface area contributed by atoms with Crippen molar-refractivity contribution >= 4 is 27.0 Å². The van der Waals surface area contributed by atoms with Crippen molar-refractivity contribution in [3.63, 3.8) is 0 Å². The molecule has 1 aromatic carbocycles. The number of piperazine rings is 1. The highest BCUT2D eigenvalue weighted by atomic mass is 32.2. The maximum atomic E-state index is 12.9. The first-order valence-corrected chi connectivity index (χ1v) is 13.6. The number of aromatic nitrogens is 3. The van der Waals surface area contributed by atoms with Crippen LogP contribution in [0.25, 0.3) is 11.0 Å². The molecule has 188 valence electrons. The lowest BCUT2D eigenvalue weighted by Crippen LogP contribution is -2.48. The van der Waals surface area contributed by atoms with Crippen LogP contribution < -0.4 is 0 Å². The Hall–Kier alpha value is -2.82. The molecule has 1 amide bonds. The van der Waals surface area contributed by atoms with Crippen molar-refractivity contribution in [1.82, 2.24) is 28.6 Å². The molecule has 0 radical (unpaired) electrons. The number of hydrogen-bond acceptors (Lipinski definition) is 6. The van der Waals surface area contributed by atoms with Gasteiger partial charge in [-0.3, -0.25) is 14.7 Å². The summed E-state index contributed by atoms with van der Waals surface area (Å²) in [6.45, 7) is 8.47. The highest BCUT2D eigenvalue weighted by molar-refractivity contribution is 7.89. The summed E-state index contributed by atoms with van der Waals surface area (Å²) in [4.78, 5) is 26.2. The van der Waals surface area contributed by atoms with E-state index in [9.17, 15) is 13.2 Å². The molecule has 2 aromatic heterocycles. The van der Waals surface area contributed by atoms with E-state index in [1.165, 1.54) is 9.87 Å². The Bertz CT molecular complexity index is 1260. The summed E-state index contributed by atoms with van der Waals surface area (Å²) in [6.07, 6.45) is 4.55. The van der Waals surface area contributed by atoms with Gasteiger partial charge in [-0.25, -0.2) is 13.4 Å². The van der Waals surface area contributed by atoms with Gasteiger partial charge < -0.3 is 9.47 Å². The van der Waals surface area contributed by atoms with Crippen molar-refractivity contribution in [2.75, 3.05) is 39.3 Å². The molecule has 3 heterocycles. The van der Waals surface area contributed by atoms with E-state index in [0.717, 1.165) is 31.0 Å². The van der Waals surface area contributed by atoms with E-state index in [2.05, 4.69) is 20.9 Å². The fourth-order valence-electron chi connectivity index (χ4n) is 4.61. The summed E-state index contributed by atoms with van der Waals surface area (Å²) in [5.74, 6) is 0.906. The Morgan fingerprint density at radius 3 is 2.49 bits per heavy atom. The molecule has 1 aliphatic heterocycles. The molecule has 0 spiro atoms. The minimum absolute atomic E-state index is 0.128. The van der Waals surface area contributed by atoms with Gasteiger partial charge in [0.1, 0.15) is 5.82 Å². The molecule has 0 aliphatic carbocycles. The van der Waals surface area contributed by atoms with Crippen LogP contribution in [0, 0.1) is 0 Å². The fourth-order valence-corrected chi connectivity index (χ4v) is 6.09. The van der Waals surface area contributed by atoms with Crippen LogP contribution in [0.2, 0.25) is 0 Å². The molecule has 0 unspecified atom stereocenters. The second kappa shape index (κ2) is 10.8. The van der Waals surface area contributed by atoms with E-state index in [-0.39, 0.29) is 10.8 Å². The van der Waals surface area contributed by atoms with Gasteiger partial charge in [-0.05, 0) is 29.8 Å². The molecule has 4 rings (SSSR count). The molecule has 3 aromatic rings. The van der Waals surface area contributed by atoms with Crippen molar-refractivity contribution in [3.8, 4) is 0 Å². The number of carbonyl (C=O) groups is 1. The van der Waals surface area contributed by atoms with E-state index in [1.807, 2.05) is 42.6 Å². The molecule has 1 saturated heterocycles. The first-order valence-electron chi connectivity index (χ1n) is 12.2. The number of sulfonamides is 1. The molecule has 35 heavy (non-hydrogen) atoms. The van der Waals surface area contributed by atoms with Crippen molar-refractivity contribution < 1.29 is 13.2 Å². The summed E-state index contributed by atoms with van der Waals surface area (Å²) in [5.41, 5.74) is 2.67. The predicted molar refractivity (Wildman–Crippen MR) is 135 cm³/mol. The van der Waals surface area contributed by atoms with Gasteiger partial charge in [0, 0.05) is 78.1 Å². The Labute approximate surface area is 207 Å². The monoisotopic (exact) mass is 498 g/mol. The number of pyridine rings is 1. The summed E-state index contributed by atoms with van der Waals surface area (Å²) >= 11 is 0. The van der Waals surface area contributed by atoms with Gasteiger partial charge >= 0.3 is 0 Å². The van der Waals surface area contributed by atoms with E-state index in [0.29, 0.717) is 44.5 Å². The lowest BCUT2D eigenvalue weighted by molar-refractivity contribution is -0.133. The van der Waals surface area contributed by atoms with Crippen LogP contribution in [-0.2, 0) is 34.8 Å². The zero-order valence-electron chi connectivity index (χ0n) is 20.7. The summed E-state index contributed by atoms with van der Waals surface area (Å²) in [6, 6.07) is 9.09. The number of aryl methyl sites for hydroxylation is 2. The van der Waals surface area contributed by atoms with Crippen molar-refractivity contribution in [1.29, 1.82) is 0 Å². The van der Waals surface area contributed by atoms with Gasteiger partial charge in [0.05, 0.1) is 15.9 Å². The maximum absolute atomic E-state index is 12.9. The highest BCUT2D eigenvalue weighted by Gasteiger charge is 2.24. The Morgan fingerprint density at radius 2 is 1.83 bits per heavy atom. The number of fused-ring (bicyclic) bond motifs is 1. The van der Waals surface area contributed by atoms with E-state index >= 15 is 0 Å². The summed E-state index contributed by atoms with van der Waals surface area (Å²) < 4.78 is 29.1. The van der Waals surface area contributed by atoms with Crippen LogP contribution in [-0.4, -0.2) is 82.2 Å². The highest BCUT2D eigenvalue weighted by Crippen LogP contribution is 2.23. The number of imidazole rings is 1. The molecular formula is C25H34N6O3S. The van der Waals surface area contributed by atoms with Crippen LogP contribution in [0.3, 0.4) is 0 Å². The maximum Gasteiger partial charge on any atom is 0.243 e. The topological polar surface area (TPSA) is 91.6 Å². The van der Waals surface area contributed by atoms with Crippen molar-refractivity contribution in [2.45, 2.75) is 38.1 Å². The lowest BCUT2D eigenvalue weighted by Gasteiger charge is -2.34. The second-order valence-electron chi connectivity index (χ2n) is 8.85. The molecule has 0 bridgehead atoms. The zero-order valence-corrected chi connectivity index (χ0v) is 21.5. The number of benzene rings is 1. The largest absolute Gasteiger partial charge is 0.340 e. The third-order valence-corrected chi connectivity index (χ3v) is 8.75. The standard InChI is InChI=1S/C25H34N6O3S/c1-4-31(5-2)35(33,34)21-8-9-23-22(17-21)27-24(28(23)3)10-11-25(32)30-15-13-29(14-16-30)19-20-7-6-12-26-18-20/h6-9,12,17-18H,4-5,10-11,13-16,19H2,1-3H3. The smallest absolute Gasteiger partial charge is 0.243 e.